The van der Waals surface area contributed by atoms with Gasteiger partial charge in [-0.3, -0.25) is 10.3 Å². The molecule has 0 unspecified atom stereocenters. The van der Waals surface area contributed by atoms with Gasteiger partial charge in [0.1, 0.15) is 0 Å². The minimum Gasteiger partial charge on any atom is -0.370 e. The summed E-state index contributed by atoms with van der Waals surface area (Å²) in [6.45, 7) is 0. The van der Waals surface area contributed by atoms with Crippen molar-refractivity contribution in [1.82, 2.24) is 0 Å². The zero-order valence-electron chi connectivity index (χ0n) is 4.21. The molecule has 0 saturated carbocycles. The third kappa shape index (κ3) is 448. The maximum Gasteiger partial charge on any atom is 0.549 e. The van der Waals surface area contributed by atoms with Crippen molar-refractivity contribution in [2.45, 2.75) is 0 Å². The van der Waals surface area contributed by atoms with Crippen LogP contribution in [0.5, 0.6) is 0 Å². The van der Waals surface area contributed by atoms with E-state index < -0.39 is 7.99 Å². The lowest BCUT2D eigenvalue weighted by Crippen LogP contribution is -2.20. The topological polar surface area (TPSA) is 113 Å². The van der Waals surface area contributed by atoms with Crippen LogP contribution in [0.1, 0.15) is 0 Å². The molecule has 0 aliphatic heterocycles. The van der Waals surface area contributed by atoms with Gasteiger partial charge in [-0.1, -0.05) is 0 Å². The molecule has 0 rings (SSSR count). The van der Waals surface area contributed by atoms with Crippen molar-refractivity contribution < 1.29 is 17.9 Å². The van der Waals surface area contributed by atoms with Crippen LogP contribution >= 0.6 is 7.99 Å². The third-order valence-corrected chi connectivity index (χ3v) is 0. The first-order valence-corrected chi connectivity index (χ1v) is 2.99. The molecule has 0 radical (unpaired) electrons. The van der Waals surface area contributed by atoms with Gasteiger partial charge < -0.3 is 11.5 Å². The third-order valence-electron chi connectivity index (χ3n) is 0. The van der Waals surface area contributed by atoms with Crippen molar-refractivity contribution in [3.8, 4) is 0 Å². The number of halogens is 2. The van der Waals surface area contributed by atoms with Crippen LogP contribution in [0.25, 0.3) is 0 Å². The number of nitrogens with one attached hydrogen (secondary N) is 1. The standard InChI is InChI=1S/CH5N3.F2HO2P/c2-1(3)4;1-5(2,3)4/h(H5,2,3,4);(H,3,4). The number of rotatable bonds is 0. The largest absolute Gasteiger partial charge is 0.549 e. The summed E-state index contributed by atoms with van der Waals surface area (Å²) < 4.78 is 28.7. The molecule has 0 heterocycles. The molecule has 0 saturated heterocycles. The highest BCUT2D eigenvalue weighted by molar-refractivity contribution is 7.46. The second-order valence-corrected chi connectivity index (χ2v) is 1.76. The van der Waals surface area contributed by atoms with Gasteiger partial charge in [-0.05, 0) is 0 Å². The zero-order chi connectivity index (χ0) is 8.08. The number of guanidine groups is 1. The van der Waals surface area contributed by atoms with Gasteiger partial charge >= 0.3 is 7.99 Å². The van der Waals surface area contributed by atoms with Crippen molar-refractivity contribution in [1.29, 1.82) is 5.41 Å². The van der Waals surface area contributed by atoms with Gasteiger partial charge in [-0.15, -0.1) is 8.39 Å². The fourth-order valence-corrected chi connectivity index (χ4v) is 0. The normalized spacial score (nSPS) is 9.22. The maximum absolute atomic E-state index is 10.1. The first-order chi connectivity index (χ1) is 3.73. The molecule has 8 heteroatoms. The SMILES string of the molecule is N=C(N)N.O=P(O)(F)F. The fourth-order valence-electron chi connectivity index (χ4n) is 0. The summed E-state index contributed by atoms with van der Waals surface area (Å²) in [5.74, 6) is -0.333. The molecule has 0 atom stereocenters. The summed E-state index contributed by atoms with van der Waals surface area (Å²) in [6.07, 6.45) is 0. The van der Waals surface area contributed by atoms with E-state index in [9.17, 15) is 8.39 Å². The lowest BCUT2D eigenvalue weighted by molar-refractivity contribution is 0.376. The van der Waals surface area contributed by atoms with Crippen molar-refractivity contribution in [2.24, 2.45) is 11.5 Å². The molecule has 0 aromatic rings. The van der Waals surface area contributed by atoms with Crippen LogP contribution in [0.3, 0.4) is 0 Å². The van der Waals surface area contributed by atoms with E-state index in [0.29, 0.717) is 0 Å². The molecule has 0 aliphatic rings. The lowest BCUT2D eigenvalue weighted by atomic mass is 11.1. The van der Waals surface area contributed by atoms with Crippen LogP contribution in [-0.4, -0.2) is 10.9 Å². The molecule has 5 nitrogen and oxygen atoms in total. The molecule has 0 fully saturated rings. The van der Waals surface area contributed by atoms with E-state index in [1.807, 2.05) is 0 Å². The molecule has 6 N–H and O–H groups in total. The Hall–Kier alpha value is -0.680. The van der Waals surface area contributed by atoms with Crippen LogP contribution < -0.4 is 11.5 Å². The number of hydrogen-bond donors (Lipinski definition) is 4. The Bertz CT molecular complexity index is 120. The summed E-state index contributed by atoms with van der Waals surface area (Å²) in [4.78, 5) is 6.74. The summed E-state index contributed by atoms with van der Waals surface area (Å²) in [5.41, 5.74) is 8.94. The first kappa shape index (κ1) is 11.2. The number of hydrogen-bond acceptors (Lipinski definition) is 2. The van der Waals surface area contributed by atoms with Crippen LogP contribution in [0, 0.1) is 5.41 Å². The summed E-state index contributed by atoms with van der Waals surface area (Å²) in [7, 11) is -5.64. The Morgan fingerprint density at radius 3 is 1.56 bits per heavy atom. The smallest absolute Gasteiger partial charge is 0.370 e. The molecule has 0 bridgehead atoms. The quantitative estimate of drug-likeness (QED) is 0.225. The molecule has 0 aromatic heterocycles. The Morgan fingerprint density at radius 1 is 1.56 bits per heavy atom. The Morgan fingerprint density at radius 2 is 1.56 bits per heavy atom. The van der Waals surface area contributed by atoms with E-state index in [1.165, 1.54) is 0 Å². The van der Waals surface area contributed by atoms with Crippen LogP contribution in [-0.2, 0) is 4.57 Å². The predicted molar refractivity (Wildman–Crippen MR) is 28.1 cm³/mol. The van der Waals surface area contributed by atoms with Crippen molar-refractivity contribution in [2.75, 3.05) is 0 Å². The second kappa shape index (κ2) is 4.22. The van der Waals surface area contributed by atoms with E-state index >= 15 is 0 Å². The molecule has 0 aliphatic carbocycles. The Kier molecular flexibility index (Phi) is 5.24. The average Bonchev–Trinajstić information content (AvgIpc) is 1.19. The minimum absolute atomic E-state index is 0.333. The maximum atomic E-state index is 10.1. The van der Waals surface area contributed by atoms with Gasteiger partial charge in [-0.25, -0.2) is 4.57 Å². The lowest BCUT2D eigenvalue weighted by Gasteiger charge is -1.73. The molecule has 0 spiro atoms. The predicted octanol–water partition coefficient (Wildman–Crippen LogP) is -0.136. The van der Waals surface area contributed by atoms with Gasteiger partial charge in [-0.2, -0.15) is 0 Å². The molecular formula is CH6F2N3O2P. The van der Waals surface area contributed by atoms with E-state index in [2.05, 4.69) is 11.5 Å². The van der Waals surface area contributed by atoms with Gasteiger partial charge in [0.2, 0.25) is 0 Å². The van der Waals surface area contributed by atoms with Gasteiger partial charge in [0.05, 0.1) is 0 Å². The van der Waals surface area contributed by atoms with Gasteiger partial charge in [0.15, 0.2) is 5.96 Å². The monoisotopic (exact) mass is 161 g/mol. The van der Waals surface area contributed by atoms with Gasteiger partial charge in [0.25, 0.3) is 0 Å². The van der Waals surface area contributed by atoms with E-state index in [1.54, 1.807) is 0 Å². The van der Waals surface area contributed by atoms with Crippen LogP contribution in [0.4, 0.5) is 8.39 Å². The molecular weight excluding hydrogens is 155 g/mol. The summed E-state index contributed by atoms with van der Waals surface area (Å²) in [6, 6.07) is 0. The average molecular weight is 161 g/mol. The fraction of sp³-hybridized carbons (Fsp3) is 0. The minimum atomic E-state index is -5.64. The van der Waals surface area contributed by atoms with E-state index in [4.69, 9.17) is 14.9 Å². The molecule has 56 valence electrons. The van der Waals surface area contributed by atoms with Gasteiger partial charge in [0, 0.05) is 0 Å². The highest BCUT2D eigenvalue weighted by Crippen LogP contribution is 2.43. The van der Waals surface area contributed by atoms with E-state index in [0.717, 1.165) is 0 Å². The molecule has 9 heavy (non-hydrogen) atoms. The van der Waals surface area contributed by atoms with Crippen molar-refractivity contribution in [3.63, 3.8) is 0 Å². The number of nitrogens with two attached hydrogens (primary N) is 2. The summed E-state index contributed by atoms with van der Waals surface area (Å²) in [5, 5.41) is 6.06. The Labute approximate surface area is 49.9 Å². The second-order valence-electron chi connectivity index (χ2n) is 0.890. The summed E-state index contributed by atoms with van der Waals surface area (Å²) >= 11 is 0. The van der Waals surface area contributed by atoms with Crippen LogP contribution in [0.2, 0.25) is 0 Å². The zero-order valence-corrected chi connectivity index (χ0v) is 5.11. The first-order valence-electron chi connectivity index (χ1n) is 1.55. The Balaban J connectivity index is 0. The van der Waals surface area contributed by atoms with Crippen molar-refractivity contribution >= 4 is 13.9 Å². The van der Waals surface area contributed by atoms with Crippen molar-refractivity contribution in [3.05, 3.63) is 0 Å². The van der Waals surface area contributed by atoms with E-state index in [-0.39, 0.29) is 5.96 Å². The molecule has 0 amide bonds. The van der Waals surface area contributed by atoms with Crippen LogP contribution in [0.15, 0.2) is 0 Å². The highest BCUT2D eigenvalue weighted by Gasteiger charge is 2.09. The molecule has 0 aromatic carbocycles. The highest BCUT2D eigenvalue weighted by atomic mass is 31.2.